The van der Waals surface area contributed by atoms with Crippen molar-refractivity contribution < 1.29 is 13.2 Å². The summed E-state index contributed by atoms with van der Waals surface area (Å²) in [6, 6.07) is 1.18. The number of halogens is 3. The van der Waals surface area contributed by atoms with Crippen LogP contribution in [0.25, 0.3) is 11.0 Å². The maximum Gasteiger partial charge on any atom is 0.201 e. The minimum atomic E-state index is -0.896. The molecular formula is C15H16BrF2NO. The first kappa shape index (κ1) is 14.0. The molecule has 0 aliphatic heterocycles. The van der Waals surface area contributed by atoms with Gasteiger partial charge in [0.2, 0.25) is 5.82 Å². The van der Waals surface area contributed by atoms with Crippen molar-refractivity contribution >= 4 is 26.9 Å². The average molecular weight is 344 g/mol. The van der Waals surface area contributed by atoms with Gasteiger partial charge in [-0.1, -0.05) is 6.92 Å². The van der Waals surface area contributed by atoms with Gasteiger partial charge in [0, 0.05) is 15.4 Å². The Morgan fingerprint density at radius 1 is 1.40 bits per heavy atom. The zero-order valence-corrected chi connectivity index (χ0v) is 12.8. The van der Waals surface area contributed by atoms with Gasteiger partial charge in [0.15, 0.2) is 11.4 Å². The highest BCUT2D eigenvalue weighted by Gasteiger charge is 2.33. The lowest BCUT2D eigenvalue weighted by Crippen LogP contribution is -2.14. The smallest absolute Gasteiger partial charge is 0.201 e. The predicted molar refractivity (Wildman–Crippen MR) is 77.8 cm³/mol. The van der Waals surface area contributed by atoms with Gasteiger partial charge in [0.25, 0.3) is 0 Å². The summed E-state index contributed by atoms with van der Waals surface area (Å²) < 4.78 is 33.6. The van der Waals surface area contributed by atoms with Crippen LogP contribution >= 0.6 is 15.9 Å². The Bertz CT molecular complexity index is 649. The molecule has 2 aromatic rings. The highest BCUT2D eigenvalue weighted by Crippen LogP contribution is 2.48. The van der Waals surface area contributed by atoms with Crippen molar-refractivity contribution in [1.29, 1.82) is 0 Å². The Labute approximate surface area is 124 Å². The molecule has 0 saturated heterocycles. The molecule has 1 fully saturated rings. The number of benzene rings is 1. The highest BCUT2D eigenvalue weighted by atomic mass is 79.9. The quantitative estimate of drug-likeness (QED) is 0.620. The summed E-state index contributed by atoms with van der Waals surface area (Å²) in [5.74, 6) is -0.627. The van der Waals surface area contributed by atoms with E-state index in [-0.39, 0.29) is 5.58 Å². The first-order valence-corrected chi connectivity index (χ1v) is 7.72. The monoisotopic (exact) mass is 343 g/mol. The van der Waals surface area contributed by atoms with Gasteiger partial charge >= 0.3 is 0 Å². The molecule has 1 N–H and O–H groups in total. The van der Waals surface area contributed by atoms with Gasteiger partial charge in [-0.15, -0.1) is 0 Å². The highest BCUT2D eigenvalue weighted by molar-refractivity contribution is 9.10. The molecule has 0 unspecified atom stereocenters. The van der Waals surface area contributed by atoms with Gasteiger partial charge < -0.3 is 9.73 Å². The second kappa shape index (κ2) is 5.45. The molecule has 2 nitrogen and oxygen atoms in total. The molecule has 1 saturated carbocycles. The lowest BCUT2D eigenvalue weighted by molar-refractivity contribution is 0.466. The van der Waals surface area contributed by atoms with Gasteiger partial charge in [-0.3, -0.25) is 0 Å². The maximum atomic E-state index is 13.9. The van der Waals surface area contributed by atoms with Crippen LogP contribution in [0, 0.1) is 11.6 Å². The molecule has 0 bridgehead atoms. The summed E-state index contributed by atoms with van der Waals surface area (Å²) in [6.45, 7) is 3.51. The van der Waals surface area contributed by atoms with E-state index in [4.69, 9.17) is 4.42 Å². The maximum absolute atomic E-state index is 13.9. The molecule has 1 aromatic carbocycles. The summed E-state index contributed by atoms with van der Waals surface area (Å²) in [6.07, 6.45) is 3.19. The van der Waals surface area contributed by atoms with Crippen molar-refractivity contribution in [2.24, 2.45) is 0 Å². The van der Waals surface area contributed by atoms with Gasteiger partial charge in [0.1, 0.15) is 5.76 Å². The largest absolute Gasteiger partial charge is 0.456 e. The van der Waals surface area contributed by atoms with Crippen molar-refractivity contribution in [3.8, 4) is 0 Å². The molecule has 1 heterocycles. The Morgan fingerprint density at radius 3 is 2.80 bits per heavy atom. The molecule has 0 radical (unpaired) electrons. The summed E-state index contributed by atoms with van der Waals surface area (Å²) in [5.41, 5.74) is 1.07. The van der Waals surface area contributed by atoms with E-state index < -0.39 is 11.6 Å². The van der Waals surface area contributed by atoms with Crippen molar-refractivity contribution in [1.82, 2.24) is 5.32 Å². The number of nitrogens with one attached hydrogen (secondary N) is 1. The van der Waals surface area contributed by atoms with Crippen molar-refractivity contribution in [2.75, 3.05) is 6.54 Å². The van der Waals surface area contributed by atoms with E-state index in [0.717, 1.165) is 37.1 Å². The van der Waals surface area contributed by atoms with Crippen LogP contribution in [-0.4, -0.2) is 6.54 Å². The van der Waals surface area contributed by atoms with E-state index in [1.807, 2.05) is 0 Å². The third-order valence-corrected chi connectivity index (χ3v) is 4.25. The average Bonchev–Trinajstić information content (AvgIpc) is 3.18. The molecule has 20 heavy (non-hydrogen) atoms. The van der Waals surface area contributed by atoms with Crippen molar-refractivity contribution in [2.45, 2.75) is 38.6 Å². The van der Waals surface area contributed by atoms with E-state index in [2.05, 4.69) is 28.2 Å². The van der Waals surface area contributed by atoms with Crippen LogP contribution in [0.2, 0.25) is 0 Å². The lowest BCUT2D eigenvalue weighted by atomic mass is 10.1. The van der Waals surface area contributed by atoms with Gasteiger partial charge in [0.05, 0.1) is 6.54 Å². The first-order chi connectivity index (χ1) is 9.63. The summed E-state index contributed by atoms with van der Waals surface area (Å²) in [4.78, 5) is 0. The predicted octanol–water partition coefficient (Wildman–Crippen LogP) is 4.85. The van der Waals surface area contributed by atoms with Crippen LogP contribution in [0.5, 0.6) is 0 Å². The third kappa shape index (κ3) is 2.37. The van der Waals surface area contributed by atoms with Gasteiger partial charge in [-0.05, 0) is 53.7 Å². The molecule has 1 aliphatic rings. The number of fused-ring (bicyclic) bond motifs is 1. The van der Waals surface area contributed by atoms with Crippen LogP contribution in [0.3, 0.4) is 0 Å². The third-order valence-electron chi connectivity index (χ3n) is 3.62. The van der Waals surface area contributed by atoms with Crippen molar-refractivity contribution in [3.05, 3.63) is 33.5 Å². The van der Waals surface area contributed by atoms with E-state index in [0.29, 0.717) is 22.3 Å². The topological polar surface area (TPSA) is 25.2 Å². The summed E-state index contributed by atoms with van der Waals surface area (Å²) in [5, 5.41) is 3.96. The molecular weight excluding hydrogens is 328 g/mol. The molecule has 3 rings (SSSR count). The SMILES string of the molecule is CCCNCc1oc2c(F)c(F)cc(Br)c2c1C1CC1. The molecule has 5 heteroatoms. The number of hydrogen-bond acceptors (Lipinski definition) is 2. The van der Waals surface area contributed by atoms with E-state index in [1.54, 1.807) is 0 Å². The second-order valence-corrected chi connectivity index (χ2v) is 6.10. The summed E-state index contributed by atoms with van der Waals surface area (Å²) in [7, 11) is 0. The lowest BCUT2D eigenvalue weighted by Gasteiger charge is -2.03. The molecule has 108 valence electrons. The van der Waals surface area contributed by atoms with Crippen LogP contribution in [0.1, 0.15) is 43.4 Å². The van der Waals surface area contributed by atoms with E-state index in [1.165, 1.54) is 6.07 Å². The van der Waals surface area contributed by atoms with Crippen molar-refractivity contribution in [3.63, 3.8) is 0 Å². The number of hydrogen-bond donors (Lipinski definition) is 1. The normalized spacial score (nSPS) is 15.2. The standard InChI is InChI=1S/C15H16BrF2NO/c1-2-5-19-7-11-12(8-3-4-8)13-9(16)6-10(17)14(18)15(13)20-11/h6,8,19H,2-5,7H2,1H3. The molecule has 1 aliphatic carbocycles. The van der Waals surface area contributed by atoms with Crippen LogP contribution in [0.15, 0.2) is 15.0 Å². The minimum absolute atomic E-state index is 0.0343. The Kier molecular flexibility index (Phi) is 3.82. The van der Waals surface area contributed by atoms with Gasteiger partial charge in [-0.2, -0.15) is 4.39 Å². The zero-order valence-electron chi connectivity index (χ0n) is 11.2. The van der Waals surface area contributed by atoms with E-state index in [9.17, 15) is 8.78 Å². The fourth-order valence-electron chi connectivity index (χ4n) is 2.55. The Hall–Kier alpha value is -0.940. The summed E-state index contributed by atoms with van der Waals surface area (Å²) >= 11 is 3.34. The molecule has 0 spiro atoms. The fourth-order valence-corrected chi connectivity index (χ4v) is 3.15. The number of furan rings is 1. The van der Waals surface area contributed by atoms with E-state index >= 15 is 0 Å². The molecule has 1 aromatic heterocycles. The van der Waals surface area contributed by atoms with Crippen LogP contribution in [-0.2, 0) is 6.54 Å². The second-order valence-electron chi connectivity index (χ2n) is 5.25. The zero-order chi connectivity index (χ0) is 14.3. The number of rotatable bonds is 5. The minimum Gasteiger partial charge on any atom is -0.456 e. The first-order valence-electron chi connectivity index (χ1n) is 6.93. The molecule has 0 atom stereocenters. The Morgan fingerprint density at radius 2 is 2.15 bits per heavy atom. The fraction of sp³-hybridized carbons (Fsp3) is 0.467. The molecule has 0 amide bonds. The Balaban J connectivity index is 2.12. The van der Waals surface area contributed by atoms with Gasteiger partial charge in [-0.25, -0.2) is 4.39 Å². The van der Waals surface area contributed by atoms with Crippen LogP contribution < -0.4 is 5.32 Å². The van der Waals surface area contributed by atoms with Crippen LogP contribution in [0.4, 0.5) is 8.78 Å².